The van der Waals surface area contributed by atoms with E-state index in [0.717, 1.165) is 29.7 Å². The first-order valence-corrected chi connectivity index (χ1v) is 11.7. The molecule has 3 rings (SSSR count). The summed E-state index contributed by atoms with van der Waals surface area (Å²) in [7, 11) is -2.12. The summed E-state index contributed by atoms with van der Waals surface area (Å²) in [5.41, 5.74) is 3.33. The molecule has 6 nitrogen and oxygen atoms in total. The van der Waals surface area contributed by atoms with Crippen molar-refractivity contribution < 1.29 is 17.9 Å². The predicted molar refractivity (Wildman–Crippen MR) is 117 cm³/mol. The van der Waals surface area contributed by atoms with Gasteiger partial charge >= 0.3 is 0 Å². The summed E-state index contributed by atoms with van der Waals surface area (Å²) in [5, 5.41) is 0. The van der Waals surface area contributed by atoms with Gasteiger partial charge in [0.05, 0.1) is 12.0 Å². The van der Waals surface area contributed by atoms with Gasteiger partial charge in [0, 0.05) is 26.1 Å². The summed E-state index contributed by atoms with van der Waals surface area (Å²) in [6.07, 6.45) is 1.46. The van der Waals surface area contributed by atoms with Crippen molar-refractivity contribution in [3.05, 3.63) is 58.7 Å². The molecule has 1 aliphatic rings. The monoisotopic (exact) mass is 430 g/mol. The zero-order chi connectivity index (χ0) is 21.9. The van der Waals surface area contributed by atoms with Crippen LogP contribution in [-0.2, 0) is 27.9 Å². The molecular weight excluding hydrogens is 400 g/mol. The Morgan fingerprint density at radius 3 is 2.47 bits per heavy atom. The van der Waals surface area contributed by atoms with Crippen LogP contribution in [0.2, 0.25) is 0 Å². The minimum absolute atomic E-state index is 0.133. The number of carbonyl (C=O) groups excluding carboxylic acids is 1. The van der Waals surface area contributed by atoms with Gasteiger partial charge in [0.25, 0.3) is 0 Å². The molecule has 0 spiro atoms. The molecule has 2 aromatic carbocycles. The number of ether oxygens (including phenoxy) is 1. The molecule has 1 saturated heterocycles. The summed E-state index contributed by atoms with van der Waals surface area (Å²) in [6.45, 7) is 7.22. The maximum absolute atomic E-state index is 13.1. The maximum atomic E-state index is 13.1. The second kappa shape index (κ2) is 9.18. The van der Waals surface area contributed by atoms with Gasteiger partial charge in [-0.05, 0) is 53.6 Å². The predicted octanol–water partition coefficient (Wildman–Crippen LogP) is 3.73. The molecule has 1 aliphatic heterocycles. The molecule has 0 unspecified atom stereocenters. The number of hydrogen-bond acceptors (Lipinski definition) is 4. The fourth-order valence-corrected chi connectivity index (χ4v) is 5.07. The lowest BCUT2D eigenvalue weighted by Gasteiger charge is -2.19. The van der Waals surface area contributed by atoms with Gasteiger partial charge in [-0.1, -0.05) is 38.1 Å². The van der Waals surface area contributed by atoms with Crippen molar-refractivity contribution in [3.8, 4) is 5.75 Å². The third kappa shape index (κ3) is 4.84. The number of nitrogens with one attached hydrogen (secondary N) is 1. The standard InChI is InChI=1S/C23H30N2O4S/c1-16(2)20-13-22(17(3)12-21(20)29-4)30(27,28)24-14-18-8-5-6-9-19(18)15-25-11-7-10-23(25)26/h5-6,8-9,12-13,16,24H,7,10-11,14-15H2,1-4H3. The number of nitrogens with zero attached hydrogens (tertiary/aromatic N) is 1. The quantitative estimate of drug-likeness (QED) is 0.692. The number of rotatable bonds is 8. The number of carbonyl (C=O) groups is 1. The van der Waals surface area contributed by atoms with E-state index in [0.29, 0.717) is 24.3 Å². The van der Waals surface area contributed by atoms with E-state index in [-0.39, 0.29) is 23.3 Å². The third-order valence-electron chi connectivity index (χ3n) is 5.54. The van der Waals surface area contributed by atoms with Crippen molar-refractivity contribution in [2.45, 2.75) is 57.5 Å². The molecule has 0 atom stereocenters. The molecule has 30 heavy (non-hydrogen) atoms. The van der Waals surface area contributed by atoms with Crippen molar-refractivity contribution in [2.24, 2.45) is 0 Å². The number of benzene rings is 2. The Morgan fingerprint density at radius 1 is 1.17 bits per heavy atom. The first-order valence-electron chi connectivity index (χ1n) is 10.3. The number of aryl methyl sites for hydroxylation is 1. The van der Waals surface area contributed by atoms with Gasteiger partial charge in [-0.2, -0.15) is 0 Å². The number of likely N-dealkylation sites (tertiary alicyclic amines) is 1. The van der Waals surface area contributed by atoms with E-state index in [1.165, 1.54) is 0 Å². The Hall–Kier alpha value is -2.38. The second-order valence-corrected chi connectivity index (χ2v) is 9.76. The van der Waals surface area contributed by atoms with Gasteiger partial charge in [-0.25, -0.2) is 13.1 Å². The van der Waals surface area contributed by atoms with Crippen molar-refractivity contribution in [1.29, 1.82) is 0 Å². The Morgan fingerprint density at radius 2 is 1.87 bits per heavy atom. The van der Waals surface area contributed by atoms with Crippen LogP contribution in [-0.4, -0.2) is 32.9 Å². The SMILES string of the molecule is COc1cc(C)c(S(=O)(=O)NCc2ccccc2CN2CCCC2=O)cc1C(C)C. The van der Waals surface area contributed by atoms with Crippen LogP contribution in [0.5, 0.6) is 5.75 Å². The summed E-state index contributed by atoms with van der Waals surface area (Å²) in [6, 6.07) is 11.1. The molecule has 1 N–H and O–H groups in total. The smallest absolute Gasteiger partial charge is 0.241 e. The number of methoxy groups -OCH3 is 1. The molecule has 0 radical (unpaired) electrons. The molecular formula is C23H30N2O4S. The lowest BCUT2D eigenvalue weighted by molar-refractivity contribution is -0.128. The average Bonchev–Trinajstić information content (AvgIpc) is 3.11. The Bertz CT molecular complexity index is 1030. The highest BCUT2D eigenvalue weighted by Gasteiger charge is 2.23. The normalized spacial score (nSPS) is 14.6. The number of amides is 1. The Labute approximate surface area is 179 Å². The highest BCUT2D eigenvalue weighted by Crippen LogP contribution is 2.31. The van der Waals surface area contributed by atoms with Crippen LogP contribution in [0.15, 0.2) is 41.3 Å². The van der Waals surface area contributed by atoms with E-state index < -0.39 is 10.0 Å². The van der Waals surface area contributed by atoms with Crippen molar-refractivity contribution >= 4 is 15.9 Å². The summed E-state index contributed by atoms with van der Waals surface area (Å²) in [4.78, 5) is 14.1. The van der Waals surface area contributed by atoms with Crippen LogP contribution in [0.3, 0.4) is 0 Å². The zero-order valence-electron chi connectivity index (χ0n) is 18.1. The molecule has 0 aromatic heterocycles. The molecule has 7 heteroatoms. The summed E-state index contributed by atoms with van der Waals surface area (Å²) >= 11 is 0. The lowest BCUT2D eigenvalue weighted by atomic mass is 10.0. The fraction of sp³-hybridized carbons (Fsp3) is 0.435. The van der Waals surface area contributed by atoms with Crippen LogP contribution in [0.4, 0.5) is 0 Å². The fourth-order valence-electron chi connectivity index (χ4n) is 3.81. The number of sulfonamides is 1. The van der Waals surface area contributed by atoms with Gasteiger partial charge in [0.15, 0.2) is 0 Å². The van der Waals surface area contributed by atoms with Crippen LogP contribution < -0.4 is 9.46 Å². The molecule has 2 aromatic rings. The van der Waals surface area contributed by atoms with E-state index in [1.54, 1.807) is 26.2 Å². The molecule has 1 amide bonds. The van der Waals surface area contributed by atoms with Crippen LogP contribution in [0, 0.1) is 6.92 Å². The molecule has 0 saturated carbocycles. The minimum Gasteiger partial charge on any atom is -0.496 e. The van der Waals surface area contributed by atoms with E-state index in [9.17, 15) is 13.2 Å². The zero-order valence-corrected chi connectivity index (χ0v) is 18.9. The molecule has 0 bridgehead atoms. The van der Waals surface area contributed by atoms with Crippen molar-refractivity contribution in [1.82, 2.24) is 9.62 Å². The van der Waals surface area contributed by atoms with E-state index in [1.807, 2.05) is 43.0 Å². The molecule has 162 valence electrons. The van der Waals surface area contributed by atoms with E-state index in [4.69, 9.17) is 4.74 Å². The summed E-state index contributed by atoms with van der Waals surface area (Å²) in [5.74, 6) is 0.982. The topological polar surface area (TPSA) is 75.7 Å². The molecule has 1 heterocycles. The van der Waals surface area contributed by atoms with Crippen LogP contribution >= 0.6 is 0 Å². The van der Waals surface area contributed by atoms with Gasteiger partial charge < -0.3 is 9.64 Å². The van der Waals surface area contributed by atoms with E-state index >= 15 is 0 Å². The van der Waals surface area contributed by atoms with Gasteiger partial charge in [-0.15, -0.1) is 0 Å². The average molecular weight is 431 g/mol. The van der Waals surface area contributed by atoms with Gasteiger partial charge in [0.1, 0.15) is 5.75 Å². The molecule has 1 fully saturated rings. The van der Waals surface area contributed by atoms with Gasteiger partial charge in [0.2, 0.25) is 15.9 Å². The Balaban J connectivity index is 1.82. The lowest BCUT2D eigenvalue weighted by Crippen LogP contribution is -2.27. The van der Waals surface area contributed by atoms with Crippen molar-refractivity contribution in [3.63, 3.8) is 0 Å². The van der Waals surface area contributed by atoms with Gasteiger partial charge in [-0.3, -0.25) is 4.79 Å². The largest absolute Gasteiger partial charge is 0.496 e. The first-order chi connectivity index (χ1) is 14.2. The minimum atomic E-state index is -3.71. The maximum Gasteiger partial charge on any atom is 0.241 e. The summed E-state index contributed by atoms with van der Waals surface area (Å²) < 4.78 is 34.3. The van der Waals surface area contributed by atoms with E-state index in [2.05, 4.69) is 4.72 Å². The second-order valence-electron chi connectivity index (χ2n) is 8.03. The Kier molecular flexibility index (Phi) is 6.83. The first kappa shape index (κ1) is 22.3. The van der Waals surface area contributed by atoms with Crippen LogP contribution in [0.1, 0.15) is 54.9 Å². The molecule has 0 aliphatic carbocycles. The van der Waals surface area contributed by atoms with Crippen molar-refractivity contribution in [2.75, 3.05) is 13.7 Å². The highest BCUT2D eigenvalue weighted by atomic mass is 32.2. The highest BCUT2D eigenvalue weighted by molar-refractivity contribution is 7.89. The third-order valence-corrected chi connectivity index (χ3v) is 7.09. The van der Waals surface area contributed by atoms with Crippen LogP contribution in [0.25, 0.3) is 0 Å². The number of hydrogen-bond donors (Lipinski definition) is 1.